The van der Waals surface area contributed by atoms with E-state index in [4.69, 9.17) is 10.5 Å². The number of carbonyl (C=O) groups is 1. The molecule has 0 saturated carbocycles. The molecule has 0 spiro atoms. The summed E-state index contributed by atoms with van der Waals surface area (Å²) in [4.78, 5) is 10.9. The van der Waals surface area contributed by atoms with Crippen LogP contribution in [0.5, 0.6) is 5.75 Å². The number of nitrogens with two attached hydrogens (primary N) is 1. The van der Waals surface area contributed by atoms with Crippen LogP contribution in [0.3, 0.4) is 0 Å². The van der Waals surface area contributed by atoms with E-state index in [1.165, 1.54) is 11.1 Å². The molecule has 1 unspecified atom stereocenters. The molecule has 0 saturated heterocycles. The van der Waals surface area contributed by atoms with Crippen molar-refractivity contribution >= 4 is 5.91 Å². The molecule has 0 fully saturated rings. The van der Waals surface area contributed by atoms with Crippen LogP contribution in [0.15, 0.2) is 18.2 Å². The number of amides is 1. The third kappa shape index (κ3) is 2.99. The third-order valence-electron chi connectivity index (χ3n) is 2.58. The van der Waals surface area contributed by atoms with Crippen molar-refractivity contribution in [3.05, 3.63) is 29.3 Å². The monoisotopic (exact) mass is 221 g/mol. The van der Waals surface area contributed by atoms with Crippen molar-refractivity contribution in [3.63, 3.8) is 0 Å². The minimum absolute atomic E-state index is 0.453. The van der Waals surface area contributed by atoms with Crippen LogP contribution in [0.1, 0.15) is 37.8 Å². The first-order valence-corrected chi connectivity index (χ1v) is 5.48. The molecule has 1 rings (SSSR count). The molecular weight excluding hydrogens is 202 g/mol. The highest BCUT2D eigenvalue weighted by molar-refractivity contribution is 5.78. The fourth-order valence-electron chi connectivity index (χ4n) is 1.63. The van der Waals surface area contributed by atoms with Gasteiger partial charge in [0.05, 0.1) is 0 Å². The maximum atomic E-state index is 10.9. The molecule has 0 radical (unpaired) electrons. The molecule has 1 atom stereocenters. The molecule has 1 aromatic carbocycles. The van der Waals surface area contributed by atoms with Gasteiger partial charge in [0.2, 0.25) is 0 Å². The van der Waals surface area contributed by atoms with E-state index in [9.17, 15) is 4.79 Å². The van der Waals surface area contributed by atoms with E-state index in [-0.39, 0.29) is 0 Å². The van der Waals surface area contributed by atoms with Gasteiger partial charge < -0.3 is 10.5 Å². The van der Waals surface area contributed by atoms with E-state index in [1.54, 1.807) is 6.92 Å². The number of aryl methyl sites for hydroxylation is 1. The lowest BCUT2D eigenvalue weighted by Gasteiger charge is -2.14. The third-order valence-corrected chi connectivity index (χ3v) is 2.58. The Balaban J connectivity index is 2.85. The second kappa shape index (κ2) is 5.01. The van der Waals surface area contributed by atoms with Crippen molar-refractivity contribution in [1.82, 2.24) is 0 Å². The summed E-state index contributed by atoms with van der Waals surface area (Å²) < 4.78 is 5.42. The number of carbonyl (C=O) groups excluding carboxylic acids is 1. The van der Waals surface area contributed by atoms with Crippen LogP contribution >= 0.6 is 0 Å². The van der Waals surface area contributed by atoms with Crippen LogP contribution in [0.4, 0.5) is 0 Å². The van der Waals surface area contributed by atoms with E-state index in [1.807, 2.05) is 25.1 Å². The van der Waals surface area contributed by atoms with Gasteiger partial charge in [0.15, 0.2) is 6.10 Å². The van der Waals surface area contributed by atoms with E-state index >= 15 is 0 Å². The Labute approximate surface area is 96.6 Å². The number of hydrogen-bond donors (Lipinski definition) is 1. The van der Waals surface area contributed by atoms with E-state index < -0.39 is 12.0 Å². The van der Waals surface area contributed by atoms with Crippen LogP contribution in [0.25, 0.3) is 0 Å². The van der Waals surface area contributed by atoms with Gasteiger partial charge in [0.1, 0.15) is 5.75 Å². The zero-order valence-electron chi connectivity index (χ0n) is 10.3. The van der Waals surface area contributed by atoms with Gasteiger partial charge in [0, 0.05) is 0 Å². The summed E-state index contributed by atoms with van der Waals surface area (Å²) in [6.45, 7) is 7.98. The van der Waals surface area contributed by atoms with Gasteiger partial charge in [-0.3, -0.25) is 4.79 Å². The summed E-state index contributed by atoms with van der Waals surface area (Å²) in [5.74, 6) is 0.724. The molecule has 0 bridgehead atoms. The Bertz CT molecular complexity index is 386. The van der Waals surface area contributed by atoms with E-state index in [0.717, 1.165) is 0 Å². The number of hydrogen-bond acceptors (Lipinski definition) is 2. The quantitative estimate of drug-likeness (QED) is 0.848. The van der Waals surface area contributed by atoms with Crippen molar-refractivity contribution in [3.8, 4) is 5.75 Å². The van der Waals surface area contributed by atoms with Crippen molar-refractivity contribution in [2.45, 2.75) is 39.7 Å². The first-order valence-electron chi connectivity index (χ1n) is 5.48. The lowest BCUT2D eigenvalue weighted by atomic mass is 9.98. The van der Waals surface area contributed by atoms with Gasteiger partial charge in [-0.25, -0.2) is 0 Å². The van der Waals surface area contributed by atoms with Gasteiger partial charge in [-0.15, -0.1) is 0 Å². The van der Waals surface area contributed by atoms with Crippen molar-refractivity contribution in [2.24, 2.45) is 5.73 Å². The molecular formula is C13H19NO2. The molecule has 3 heteroatoms. The average molecular weight is 221 g/mol. The van der Waals surface area contributed by atoms with Gasteiger partial charge in [0.25, 0.3) is 5.91 Å². The molecule has 1 aromatic rings. The fraction of sp³-hybridized carbons (Fsp3) is 0.462. The zero-order valence-corrected chi connectivity index (χ0v) is 10.3. The second-order valence-corrected chi connectivity index (χ2v) is 4.34. The van der Waals surface area contributed by atoms with Crippen molar-refractivity contribution in [1.29, 1.82) is 0 Å². The number of ether oxygens (including phenoxy) is 1. The van der Waals surface area contributed by atoms with Crippen LogP contribution in [-0.2, 0) is 4.79 Å². The normalized spacial score (nSPS) is 12.6. The molecule has 1 amide bonds. The minimum Gasteiger partial charge on any atom is -0.481 e. The maximum absolute atomic E-state index is 10.9. The molecule has 0 aromatic heterocycles. The average Bonchev–Trinajstić information content (AvgIpc) is 2.16. The summed E-state index contributed by atoms with van der Waals surface area (Å²) in [6, 6.07) is 5.85. The Kier molecular flexibility index (Phi) is 3.93. The summed E-state index contributed by atoms with van der Waals surface area (Å²) >= 11 is 0. The summed E-state index contributed by atoms with van der Waals surface area (Å²) in [6.07, 6.45) is -0.593. The van der Waals surface area contributed by atoms with Crippen LogP contribution < -0.4 is 10.5 Å². The number of primary amides is 1. The van der Waals surface area contributed by atoms with Crippen molar-refractivity contribution in [2.75, 3.05) is 0 Å². The van der Waals surface area contributed by atoms with E-state index in [0.29, 0.717) is 11.7 Å². The highest BCUT2D eigenvalue weighted by Crippen LogP contribution is 2.23. The Morgan fingerprint density at radius 3 is 2.38 bits per heavy atom. The minimum atomic E-state index is -0.593. The predicted molar refractivity (Wildman–Crippen MR) is 64.6 cm³/mol. The Morgan fingerprint density at radius 2 is 1.94 bits per heavy atom. The lowest BCUT2D eigenvalue weighted by molar-refractivity contribution is -0.123. The standard InChI is InChI=1S/C13H19NO2/c1-8(2)12-6-5-11(7-9(12)3)16-10(4)13(14)15/h5-8,10H,1-4H3,(H2,14,15). The summed E-state index contributed by atoms with van der Waals surface area (Å²) in [5, 5.41) is 0. The first kappa shape index (κ1) is 12.6. The molecule has 0 heterocycles. The molecule has 16 heavy (non-hydrogen) atoms. The Hall–Kier alpha value is -1.51. The van der Waals surface area contributed by atoms with Crippen LogP contribution in [-0.4, -0.2) is 12.0 Å². The van der Waals surface area contributed by atoms with E-state index in [2.05, 4.69) is 13.8 Å². The molecule has 0 aliphatic heterocycles. The van der Waals surface area contributed by atoms with Gasteiger partial charge >= 0.3 is 0 Å². The summed E-state index contributed by atoms with van der Waals surface area (Å²) in [5.41, 5.74) is 7.60. The lowest BCUT2D eigenvalue weighted by Crippen LogP contribution is -2.30. The summed E-state index contributed by atoms with van der Waals surface area (Å²) in [7, 11) is 0. The second-order valence-electron chi connectivity index (χ2n) is 4.34. The predicted octanol–water partition coefficient (Wildman–Crippen LogP) is 2.37. The van der Waals surface area contributed by atoms with Crippen LogP contribution in [0.2, 0.25) is 0 Å². The van der Waals surface area contributed by atoms with Gasteiger partial charge in [-0.2, -0.15) is 0 Å². The van der Waals surface area contributed by atoms with Crippen molar-refractivity contribution < 1.29 is 9.53 Å². The van der Waals surface area contributed by atoms with Gasteiger partial charge in [-0.05, 0) is 43.0 Å². The smallest absolute Gasteiger partial charge is 0.258 e. The zero-order chi connectivity index (χ0) is 12.3. The fourth-order valence-corrected chi connectivity index (χ4v) is 1.63. The van der Waals surface area contributed by atoms with Gasteiger partial charge in [-0.1, -0.05) is 19.9 Å². The SMILES string of the molecule is Cc1cc(OC(C)C(N)=O)ccc1C(C)C. The molecule has 3 nitrogen and oxygen atoms in total. The molecule has 0 aliphatic carbocycles. The first-order chi connectivity index (χ1) is 7.41. The maximum Gasteiger partial charge on any atom is 0.258 e. The molecule has 88 valence electrons. The highest BCUT2D eigenvalue weighted by atomic mass is 16.5. The molecule has 2 N–H and O–H groups in total. The molecule has 0 aliphatic rings. The number of benzene rings is 1. The largest absolute Gasteiger partial charge is 0.481 e. The highest BCUT2D eigenvalue weighted by Gasteiger charge is 2.11. The Morgan fingerprint density at radius 1 is 1.31 bits per heavy atom. The topological polar surface area (TPSA) is 52.3 Å². The number of rotatable bonds is 4. The van der Waals surface area contributed by atoms with Crippen LogP contribution in [0, 0.1) is 6.92 Å².